The summed E-state index contributed by atoms with van der Waals surface area (Å²) in [6, 6.07) is 11.8. The molecule has 1 aromatic heterocycles. The number of rotatable bonds is 5. The molecule has 1 aromatic carbocycles. The van der Waals surface area contributed by atoms with Crippen LogP contribution in [0.4, 0.5) is 0 Å². The number of aryl methyl sites for hydroxylation is 1. The van der Waals surface area contributed by atoms with Crippen molar-refractivity contribution in [1.29, 1.82) is 0 Å². The van der Waals surface area contributed by atoms with E-state index in [1.807, 2.05) is 30.3 Å². The zero-order chi connectivity index (χ0) is 15.4. The predicted octanol–water partition coefficient (Wildman–Crippen LogP) is 3.53. The Morgan fingerprint density at radius 3 is 2.43 bits per heavy atom. The number of pyridine rings is 1. The highest BCUT2D eigenvalue weighted by atomic mass is 35.5. The minimum absolute atomic E-state index is 0.0156. The van der Waals surface area contributed by atoms with E-state index in [2.05, 4.69) is 19.2 Å². The number of aromatic nitrogens is 1. The highest BCUT2D eigenvalue weighted by molar-refractivity contribution is 6.30. The zero-order valence-corrected chi connectivity index (χ0v) is 13.4. The van der Waals surface area contributed by atoms with E-state index < -0.39 is 0 Å². The molecule has 0 radical (unpaired) electrons. The van der Waals surface area contributed by atoms with Gasteiger partial charge < -0.3 is 9.88 Å². The smallest absolute Gasteiger partial charge is 0.250 e. The molecule has 0 aliphatic heterocycles. The van der Waals surface area contributed by atoms with Crippen LogP contribution in [0.3, 0.4) is 0 Å². The fourth-order valence-electron chi connectivity index (χ4n) is 2.34. The van der Waals surface area contributed by atoms with Gasteiger partial charge in [0.2, 0.25) is 0 Å². The largest absolute Gasteiger partial charge is 0.319 e. The fraction of sp³-hybridized carbons (Fsp3) is 0.353. The molecular formula is C17H21ClN2O. The molecule has 0 saturated heterocycles. The van der Waals surface area contributed by atoms with Crippen LogP contribution in [-0.2, 0) is 13.6 Å². The van der Waals surface area contributed by atoms with Crippen molar-refractivity contribution < 1.29 is 0 Å². The first kappa shape index (κ1) is 15.8. The van der Waals surface area contributed by atoms with Crippen LogP contribution < -0.4 is 10.9 Å². The minimum atomic E-state index is 0.0156. The Labute approximate surface area is 130 Å². The third kappa shape index (κ3) is 4.19. The van der Waals surface area contributed by atoms with Crippen molar-refractivity contribution in [3.05, 3.63) is 69.1 Å². The quantitative estimate of drug-likeness (QED) is 0.917. The number of halogens is 1. The van der Waals surface area contributed by atoms with Crippen molar-refractivity contribution >= 4 is 11.6 Å². The molecule has 0 bridgehead atoms. The van der Waals surface area contributed by atoms with E-state index in [9.17, 15) is 4.79 Å². The summed E-state index contributed by atoms with van der Waals surface area (Å²) in [5, 5.41) is 4.27. The molecule has 112 valence electrons. The summed E-state index contributed by atoms with van der Waals surface area (Å²) in [4.78, 5) is 11.6. The highest BCUT2D eigenvalue weighted by Gasteiger charge is 2.15. The van der Waals surface area contributed by atoms with Crippen LogP contribution in [0.15, 0.2) is 47.4 Å². The summed E-state index contributed by atoms with van der Waals surface area (Å²) < 4.78 is 1.57. The Bertz CT molecular complexity index is 647. The average molecular weight is 305 g/mol. The molecule has 0 amide bonds. The summed E-state index contributed by atoms with van der Waals surface area (Å²) in [7, 11) is 1.75. The Hall–Kier alpha value is -1.58. The molecule has 0 saturated carbocycles. The van der Waals surface area contributed by atoms with Crippen LogP contribution in [0, 0.1) is 5.92 Å². The second-order valence-corrected chi connectivity index (χ2v) is 6.07. The lowest BCUT2D eigenvalue weighted by Crippen LogP contribution is -2.26. The van der Waals surface area contributed by atoms with Gasteiger partial charge in [-0.3, -0.25) is 4.79 Å². The average Bonchev–Trinajstić information content (AvgIpc) is 2.44. The van der Waals surface area contributed by atoms with Gasteiger partial charge in [0.1, 0.15) is 0 Å². The first-order valence-electron chi connectivity index (χ1n) is 7.12. The van der Waals surface area contributed by atoms with Gasteiger partial charge >= 0.3 is 0 Å². The summed E-state index contributed by atoms with van der Waals surface area (Å²) in [6.07, 6.45) is 1.80. The highest BCUT2D eigenvalue weighted by Crippen LogP contribution is 2.23. The number of hydrogen-bond donors (Lipinski definition) is 1. The monoisotopic (exact) mass is 304 g/mol. The molecule has 2 aromatic rings. The van der Waals surface area contributed by atoms with Crippen LogP contribution >= 0.6 is 11.6 Å². The Balaban J connectivity index is 2.11. The molecule has 0 unspecified atom stereocenters. The van der Waals surface area contributed by atoms with Crippen molar-refractivity contribution in [1.82, 2.24) is 9.88 Å². The maximum atomic E-state index is 11.6. The van der Waals surface area contributed by atoms with E-state index in [0.717, 1.165) is 10.6 Å². The number of nitrogens with zero attached hydrogens (tertiary/aromatic N) is 1. The molecular weight excluding hydrogens is 284 g/mol. The van der Waals surface area contributed by atoms with E-state index in [1.165, 1.54) is 5.56 Å². The summed E-state index contributed by atoms with van der Waals surface area (Å²) >= 11 is 5.94. The third-order valence-electron chi connectivity index (χ3n) is 3.59. The predicted molar refractivity (Wildman–Crippen MR) is 87.6 cm³/mol. The first-order valence-corrected chi connectivity index (χ1v) is 7.49. The molecule has 1 N–H and O–H groups in total. The number of hydrogen-bond acceptors (Lipinski definition) is 2. The van der Waals surface area contributed by atoms with E-state index >= 15 is 0 Å². The van der Waals surface area contributed by atoms with Crippen LogP contribution in [-0.4, -0.2) is 4.57 Å². The Kier molecular flexibility index (Phi) is 5.21. The molecule has 2 rings (SSSR count). The van der Waals surface area contributed by atoms with Gasteiger partial charge in [0.05, 0.1) is 0 Å². The van der Waals surface area contributed by atoms with Gasteiger partial charge in [-0.05, 0) is 35.2 Å². The van der Waals surface area contributed by atoms with E-state index in [1.54, 1.807) is 23.9 Å². The second-order valence-electron chi connectivity index (χ2n) is 5.64. The van der Waals surface area contributed by atoms with Crippen LogP contribution in [0.5, 0.6) is 0 Å². The molecule has 0 fully saturated rings. The SMILES string of the molecule is CC(C)[C@@H](NCc1ccn(C)c(=O)c1)c1ccc(Cl)cc1. The summed E-state index contributed by atoms with van der Waals surface area (Å²) in [5.41, 5.74) is 2.22. The standard InChI is InChI=1S/C17H21ClN2O/c1-12(2)17(14-4-6-15(18)7-5-14)19-11-13-8-9-20(3)16(21)10-13/h4-10,12,17,19H,11H2,1-3H3/t17-/m1/s1. The van der Waals surface area contributed by atoms with Crippen molar-refractivity contribution in [3.8, 4) is 0 Å². The zero-order valence-electron chi connectivity index (χ0n) is 12.6. The van der Waals surface area contributed by atoms with Crippen LogP contribution in [0.1, 0.15) is 31.0 Å². The molecule has 3 nitrogen and oxygen atoms in total. The Morgan fingerprint density at radius 1 is 1.19 bits per heavy atom. The molecule has 0 aliphatic rings. The lowest BCUT2D eigenvalue weighted by molar-refractivity contribution is 0.410. The molecule has 1 heterocycles. The number of benzene rings is 1. The van der Waals surface area contributed by atoms with E-state index in [0.29, 0.717) is 12.5 Å². The summed E-state index contributed by atoms with van der Waals surface area (Å²) in [6.45, 7) is 5.02. The second kappa shape index (κ2) is 6.92. The van der Waals surface area contributed by atoms with Crippen LogP contribution in [0.2, 0.25) is 5.02 Å². The van der Waals surface area contributed by atoms with Crippen LogP contribution in [0.25, 0.3) is 0 Å². The number of nitrogens with one attached hydrogen (secondary N) is 1. The van der Waals surface area contributed by atoms with Crippen molar-refractivity contribution in [2.45, 2.75) is 26.4 Å². The van der Waals surface area contributed by atoms with Gasteiger partial charge in [0, 0.05) is 36.9 Å². The van der Waals surface area contributed by atoms with Crippen molar-refractivity contribution in [3.63, 3.8) is 0 Å². The van der Waals surface area contributed by atoms with Gasteiger partial charge in [0.15, 0.2) is 0 Å². The molecule has 0 aliphatic carbocycles. The molecule has 4 heteroatoms. The lowest BCUT2D eigenvalue weighted by Gasteiger charge is -2.23. The van der Waals surface area contributed by atoms with Gasteiger partial charge in [-0.15, -0.1) is 0 Å². The summed E-state index contributed by atoms with van der Waals surface area (Å²) in [5.74, 6) is 0.442. The van der Waals surface area contributed by atoms with Gasteiger partial charge in [0.25, 0.3) is 5.56 Å². The maximum absolute atomic E-state index is 11.6. The molecule has 0 spiro atoms. The van der Waals surface area contributed by atoms with Gasteiger partial charge in [-0.2, -0.15) is 0 Å². The Morgan fingerprint density at radius 2 is 1.86 bits per heavy atom. The van der Waals surface area contributed by atoms with Gasteiger partial charge in [-0.25, -0.2) is 0 Å². The first-order chi connectivity index (χ1) is 9.97. The minimum Gasteiger partial charge on any atom is -0.319 e. The van der Waals surface area contributed by atoms with E-state index in [4.69, 9.17) is 11.6 Å². The topological polar surface area (TPSA) is 34.0 Å². The molecule has 1 atom stereocenters. The van der Waals surface area contributed by atoms with Gasteiger partial charge in [-0.1, -0.05) is 37.6 Å². The van der Waals surface area contributed by atoms with Crippen molar-refractivity contribution in [2.75, 3.05) is 0 Å². The lowest BCUT2D eigenvalue weighted by atomic mass is 9.96. The maximum Gasteiger partial charge on any atom is 0.250 e. The molecule has 21 heavy (non-hydrogen) atoms. The third-order valence-corrected chi connectivity index (χ3v) is 3.84. The normalized spacial score (nSPS) is 12.6. The van der Waals surface area contributed by atoms with E-state index in [-0.39, 0.29) is 11.6 Å². The fourth-order valence-corrected chi connectivity index (χ4v) is 2.46. The van der Waals surface area contributed by atoms with Crippen molar-refractivity contribution in [2.24, 2.45) is 13.0 Å².